The SMILES string of the molecule is C=CC(=O)OC.COC(=O)c1cccc(C(=O)O)c1. The van der Waals surface area contributed by atoms with Gasteiger partial charge in [-0.15, -0.1) is 0 Å². The van der Waals surface area contributed by atoms with Crippen LogP contribution in [-0.4, -0.2) is 37.2 Å². The van der Waals surface area contributed by atoms with Gasteiger partial charge in [-0.05, 0) is 18.2 Å². The van der Waals surface area contributed by atoms with Gasteiger partial charge in [-0.3, -0.25) is 0 Å². The summed E-state index contributed by atoms with van der Waals surface area (Å²) < 4.78 is 8.58. The monoisotopic (exact) mass is 266 g/mol. The molecule has 0 spiro atoms. The molecule has 1 N–H and O–H groups in total. The molecule has 0 heterocycles. The summed E-state index contributed by atoms with van der Waals surface area (Å²) in [5.41, 5.74) is 0.310. The van der Waals surface area contributed by atoms with Crippen LogP contribution in [0.15, 0.2) is 36.9 Å². The number of carbonyl (C=O) groups excluding carboxylic acids is 2. The Morgan fingerprint density at radius 2 is 1.74 bits per heavy atom. The maximum Gasteiger partial charge on any atom is 0.337 e. The van der Waals surface area contributed by atoms with Crippen molar-refractivity contribution in [2.75, 3.05) is 14.2 Å². The molecular weight excluding hydrogens is 252 g/mol. The van der Waals surface area contributed by atoms with Crippen molar-refractivity contribution in [2.45, 2.75) is 0 Å². The average Bonchev–Trinajstić information content (AvgIpc) is 2.46. The lowest BCUT2D eigenvalue weighted by Gasteiger charge is -1.99. The van der Waals surface area contributed by atoms with Crippen molar-refractivity contribution in [1.82, 2.24) is 0 Å². The zero-order chi connectivity index (χ0) is 14.8. The van der Waals surface area contributed by atoms with Crippen LogP contribution >= 0.6 is 0 Å². The van der Waals surface area contributed by atoms with E-state index in [1.54, 1.807) is 0 Å². The van der Waals surface area contributed by atoms with Crippen molar-refractivity contribution in [3.05, 3.63) is 48.0 Å². The zero-order valence-corrected chi connectivity index (χ0v) is 10.6. The summed E-state index contributed by atoms with van der Waals surface area (Å²) in [6.45, 7) is 3.16. The number of esters is 2. The van der Waals surface area contributed by atoms with Crippen molar-refractivity contribution in [1.29, 1.82) is 0 Å². The molecular formula is C13H14O6. The van der Waals surface area contributed by atoms with Gasteiger partial charge in [-0.1, -0.05) is 12.6 Å². The molecule has 6 heteroatoms. The van der Waals surface area contributed by atoms with E-state index in [1.807, 2.05) is 0 Å². The van der Waals surface area contributed by atoms with Gasteiger partial charge in [-0.2, -0.15) is 0 Å². The Balaban J connectivity index is 0.000000459. The molecule has 0 unspecified atom stereocenters. The van der Waals surface area contributed by atoms with Crippen molar-refractivity contribution in [2.24, 2.45) is 0 Å². The molecule has 1 aromatic carbocycles. The number of ether oxygens (including phenoxy) is 2. The van der Waals surface area contributed by atoms with Crippen LogP contribution in [0, 0.1) is 0 Å². The number of methoxy groups -OCH3 is 2. The van der Waals surface area contributed by atoms with Gasteiger partial charge in [0.25, 0.3) is 0 Å². The van der Waals surface area contributed by atoms with E-state index in [0.717, 1.165) is 6.08 Å². The number of aromatic carboxylic acids is 1. The quantitative estimate of drug-likeness (QED) is 0.659. The van der Waals surface area contributed by atoms with Crippen LogP contribution in [0.1, 0.15) is 20.7 Å². The summed E-state index contributed by atoms with van der Waals surface area (Å²) in [7, 11) is 2.56. The Morgan fingerprint density at radius 1 is 1.16 bits per heavy atom. The van der Waals surface area contributed by atoms with Gasteiger partial charge < -0.3 is 14.6 Å². The fraction of sp³-hybridized carbons (Fsp3) is 0.154. The smallest absolute Gasteiger partial charge is 0.337 e. The molecule has 0 fully saturated rings. The minimum Gasteiger partial charge on any atom is -0.478 e. The van der Waals surface area contributed by atoms with Crippen LogP contribution in [0.2, 0.25) is 0 Å². The highest BCUT2D eigenvalue weighted by molar-refractivity contribution is 5.94. The van der Waals surface area contributed by atoms with E-state index in [0.29, 0.717) is 0 Å². The van der Waals surface area contributed by atoms with Crippen LogP contribution in [0.25, 0.3) is 0 Å². The number of carbonyl (C=O) groups is 3. The summed E-state index contributed by atoms with van der Waals surface area (Å²) in [5.74, 6) is -2.00. The highest BCUT2D eigenvalue weighted by atomic mass is 16.5. The number of benzene rings is 1. The molecule has 0 radical (unpaired) electrons. The van der Waals surface area contributed by atoms with E-state index in [4.69, 9.17) is 5.11 Å². The number of hydrogen-bond donors (Lipinski definition) is 1. The molecule has 0 aliphatic rings. The first-order valence-electron chi connectivity index (χ1n) is 5.08. The molecule has 0 aromatic heterocycles. The normalized spacial score (nSPS) is 8.53. The van der Waals surface area contributed by atoms with Crippen LogP contribution in [-0.2, 0) is 14.3 Å². The molecule has 0 atom stereocenters. The topological polar surface area (TPSA) is 89.9 Å². The standard InChI is InChI=1S/C9H8O4.C4H6O2/c1-13-9(12)7-4-2-3-6(5-7)8(10)11;1-3-4(5)6-2/h2-5H,1H3,(H,10,11);3H,1H2,2H3. The highest BCUT2D eigenvalue weighted by Gasteiger charge is 2.08. The zero-order valence-electron chi connectivity index (χ0n) is 10.6. The van der Waals surface area contributed by atoms with Crippen LogP contribution in [0.3, 0.4) is 0 Å². The van der Waals surface area contributed by atoms with Crippen molar-refractivity contribution in [3.8, 4) is 0 Å². The third-order valence-corrected chi connectivity index (χ3v) is 1.90. The van der Waals surface area contributed by atoms with Gasteiger partial charge in [-0.25, -0.2) is 14.4 Å². The molecule has 102 valence electrons. The van der Waals surface area contributed by atoms with Gasteiger partial charge in [0, 0.05) is 6.08 Å². The third-order valence-electron chi connectivity index (χ3n) is 1.90. The first-order valence-corrected chi connectivity index (χ1v) is 5.08. The van der Waals surface area contributed by atoms with Crippen LogP contribution in [0.4, 0.5) is 0 Å². The molecule has 19 heavy (non-hydrogen) atoms. The summed E-state index contributed by atoms with van der Waals surface area (Å²) >= 11 is 0. The van der Waals surface area contributed by atoms with E-state index in [-0.39, 0.29) is 11.1 Å². The number of rotatable bonds is 3. The van der Waals surface area contributed by atoms with Gasteiger partial charge in [0.1, 0.15) is 0 Å². The molecule has 0 aliphatic carbocycles. The Kier molecular flexibility index (Phi) is 7.29. The molecule has 0 saturated carbocycles. The number of carboxylic acid groups (broad SMARTS) is 1. The van der Waals surface area contributed by atoms with Crippen LogP contribution < -0.4 is 0 Å². The van der Waals surface area contributed by atoms with E-state index >= 15 is 0 Å². The molecule has 0 bridgehead atoms. The lowest BCUT2D eigenvalue weighted by Crippen LogP contribution is -2.03. The minimum absolute atomic E-state index is 0.0721. The molecule has 1 aromatic rings. The third kappa shape index (κ3) is 6.02. The molecule has 0 amide bonds. The van der Waals surface area contributed by atoms with Crippen molar-refractivity contribution in [3.63, 3.8) is 0 Å². The van der Waals surface area contributed by atoms with E-state index in [9.17, 15) is 14.4 Å². The Morgan fingerprint density at radius 3 is 2.11 bits per heavy atom. The fourth-order valence-electron chi connectivity index (χ4n) is 0.980. The van der Waals surface area contributed by atoms with Crippen molar-refractivity contribution < 1.29 is 29.0 Å². The maximum atomic E-state index is 11.0. The van der Waals surface area contributed by atoms with E-state index in [2.05, 4.69) is 16.1 Å². The van der Waals surface area contributed by atoms with E-state index < -0.39 is 17.9 Å². The van der Waals surface area contributed by atoms with E-state index in [1.165, 1.54) is 38.5 Å². The largest absolute Gasteiger partial charge is 0.478 e. The first-order chi connectivity index (χ1) is 8.96. The van der Waals surface area contributed by atoms with Crippen molar-refractivity contribution >= 4 is 17.9 Å². The minimum atomic E-state index is -1.06. The van der Waals surface area contributed by atoms with Gasteiger partial charge in [0.05, 0.1) is 25.3 Å². The number of hydrogen-bond acceptors (Lipinski definition) is 5. The number of carboxylic acids is 1. The maximum absolute atomic E-state index is 11.0. The second-order valence-electron chi connectivity index (χ2n) is 3.10. The Bertz CT molecular complexity index is 478. The molecule has 1 rings (SSSR count). The first kappa shape index (κ1) is 16.4. The molecule has 6 nitrogen and oxygen atoms in total. The molecule has 0 aliphatic heterocycles. The van der Waals surface area contributed by atoms with Gasteiger partial charge >= 0.3 is 17.9 Å². The van der Waals surface area contributed by atoms with Crippen LogP contribution in [0.5, 0.6) is 0 Å². The second-order valence-corrected chi connectivity index (χ2v) is 3.10. The predicted octanol–water partition coefficient (Wildman–Crippen LogP) is 1.52. The second kappa shape index (κ2) is 8.46. The summed E-state index contributed by atoms with van der Waals surface area (Å²) in [5, 5.41) is 8.61. The van der Waals surface area contributed by atoms with Gasteiger partial charge in [0.15, 0.2) is 0 Å². The summed E-state index contributed by atoms with van der Waals surface area (Å²) in [6.07, 6.45) is 1.11. The lowest BCUT2D eigenvalue weighted by molar-refractivity contribution is -0.134. The predicted molar refractivity (Wildman–Crippen MR) is 67.0 cm³/mol. The van der Waals surface area contributed by atoms with Gasteiger partial charge in [0.2, 0.25) is 0 Å². The summed E-state index contributed by atoms with van der Waals surface area (Å²) in [4.78, 5) is 31.3. The Hall–Kier alpha value is -2.63. The Labute approximate surface area is 110 Å². The molecule has 0 saturated heterocycles. The fourth-order valence-corrected chi connectivity index (χ4v) is 0.980. The lowest BCUT2D eigenvalue weighted by atomic mass is 10.1. The highest BCUT2D eigenvalue weighted by Crippen LogP contribution is 2.06. The average molecular weight is 266 g/mol. The summed E-state index contributed by atoms with van der Waals surface area (Å²) in [6, 6.07) is 5.68.